The van der Waals surface area contributed by atoms with Crippen LogP contribution in [-0.2, 0) is 0 Å². The summed E-state index contributed by atoms with van der Waals surface area (Å²) in [5, 5.41) is 0. The van der Waals surface area contributed by atoms with Crippen molar-refractivity contribution in [2.45, 2.75) is 46.5 Å². The highest BCUT2D eigenvalue weighted by Gasteiger charge is 2.21. The number of hydrogen-bond acceptors (Lipinski definition) is 0. The lowest BCUT2D eigenvalue weighted by Crippen LogP contribution is -2.17. The molecule has 0 bridgehead atoms. The van der Waals surface area contributed by atoms with Crippen LogP contribution in [0.3, 0.4) is 0 Å². The SMILES string of the molecule is C/C=C(/C)C1CCCCC1C. The second-order valence-electron chi connectivity index (χ2n) is 3.90. The molecule has 1 fully saturated rings. The van der Waals surface area contributed by atoms with Crippen LogP contribution in [0.15, 0.2) is 11.6 Å². The zero-order valence-corrected chi connectivity index (χ0v) is 8.06. The van der Waals surface area contributed by atoms with E-state index in [2.05, 4.69) is 26.8 Å². The normalized spacial score (nSPS) is 33.9. The molecule has 2 unspecified atom stereocenters. The molecule has 0 aliphatic heterocycles. The summed E-state index contributed by atoms with van der Waals surface area (Å²) >= 11 is 0. The lowest BCUT2D eigenvalue weighted by molar-refractivity contribution is 0.293. The predicted octanol–water partition coefficient (Wildman–Crippen LogP) is 3.78. The van der Waals surface area contributed by atoms with Gasteiger partial charge in [0.15, 0.2) is 0 Å². The summed E-state index contributed by atoms with van der Waals surface area (Å²) < 4.78 is 0. The van der Waals surface area contributed by atoms with E-state index in [-0.39, 0.29) is 0 Å². The summed E-state index contributed by atoms with van der Waals surface area (Å²) in [4.78, 5) is 0. The Kier molecular flexibility index (Phi) is 3.16. The average molecular weight is 152 g/mol. The van der Waals surface area contributed by atoms with Crippen LogP contribution < -0.4 is 0 Å². The minimum absolute atomic E-state index is 0.897. The van der Waals surface area contributed by atoms with E-state index in [9.17, 15) is 0 Å². The van der Waals surface area contributed by atoms with E-state index >= 15 is 0 Å². The molecule has 1 saturated carbocycles. The molecule has 64 valence electrons. The molecule has 0 spiro atoms. The third-order valence-corrected chi connectivity index (χ3v) is 3.15. The Hall–Kier alpha value is -0.260. The lowest BCUT2D eigenvalue weighted by Gasteiger charge is -2.29. The minimum Gasteiger partial charge on any atom is -0.0884 e. The molecule has 11 heavy (non-hydrogen) atoms. The largest absolute Gasteiger partial charge is 0.0884 e. The van der Waals surface area contributed by atoms with Gasteiger partial charge in [-0.2, -0.15) is 0 Å². The molecule has 0 nitrogen and oxygen atoms in total. The van der Waals surface area contributed by atoms with Gasteiger partial charge in [-0.1, -0.05) is 37.8 Å². The van der Waals surface area contributed by atoms with E-state index in [4.69, 9.17) is 0 Å². The van der Waals surface area contributed by atoms with Gasteiger partial charge in [0.1, 0.15) is 0 Å². The predicted molar refractivity (Wildman–Crippen MR) is 50.6 cm³/mol. The van der Waals surface area contributed by atoms with E-state index in [0.29, 0.717) is 0 Å². The maximum absolute atomic E-state index is 2.40. The van der Waals surface area contributed by atoms with Gasteiger partial charge in [-0.05, 0) is 32.1 Å². The molecule has 0 N–H and O–H groups in total. The van der Waals surface area contributed by atoms with Crippen LogP contribution in [0.25, 0.3) is 0 Å². The van der Waals surface area contributed by atoms with Crippen LogP contribution in [0.4, 0.5) is 0 Å². The highest BCUT2D eigenvalue weighted by Crippen LogP contribution is 2.34. The summed E-state index contributed by atoms with van der Waals surface area (Å²) in [6, 6.07) is 0. The van der Waals surface area contributed by atoms with Crippen LogP contribution in [-0.4, -0.2) is 0 Å². The Morgan fingerprint density at radius 1 is 1.27 bits per heavy atom. The molecule has 0 heteroatoms. The topological polar surface area (TPSA) is 0 Å². The lowest BCUT2D eigenvalue weighted by atomic mass is 9.77. The second-order valence-corrected chi connectivity index (χ2v) is 3.90. The van der Waals surface area contributed by atoms with Crippen molar-refractivity contribution in [2.24, 2.45) is 11.8 Å². The van der Waals surface area contributed by atoms with Gasteiger partial charge in [-0.3, -0.25) is 0 Å². The van der Waals surface area contributed by atoms with Gasteiger partial charge >= 0.3 is 0 Å². The summed E-state index contributed by atoms with van der Waals surface area (Å²) in [5.41, 5.74) is 1.61. The molecule has 0 radical (unpaired) electrons. The summed E-state index contributed by atoms with van der Waals surface area (Å²) in [7, 11) is 0. The first kappa shape index (κ1) is 8.83. The van der Waals surface area contributed by atoms with Crippen LogP contribution in [0, 0.1) is 11.8 Å². The highest BCUT2D eigenvalue weighted by atomic mass is 14.3. The zero-order valence-electron chi connectivity index (χ0n) is 8.06. The first-order valence-corrected chi connectivity index (χ1v) is 4.88. The van der Waals surface area contributed by atoms with Crippen molar-refractivity contribution < 1.29 is 0 Å². The Bertz CT molecular complexity index is 144. The number of rotatable bonds is 1. The minimum atomic E-state index is 0.897. The standard InChI is InChI=1S/C11H20/c1-4-9(2)11-8-6-5-7-10(11)3/h4,10-11H,5-8H2,1-3H3/b9-4-. The molecule has 1 rings (SSSR count). The molecule has 0 heterocycles. The Morgan fingerprint density at radius 2 is 1.91 bits per heavy atom. The molecule has 1 aliphatic carbocycles. The van der Waals surface area contributed by atoms with Crippen molar-refractivity contribution in [3.8, 4) is 0 Å². The van der Waals surface area contributed by atoms with Crippen molar-refractivity contribution in [2.75, 3.05) is 0 Å². The second kappa shape index (κ2) is 3.94. The third-order valence-electron chi connectivity index (χ3n) is 3.15. The third kappa shape index (κ3) is 2.08. The molecule has 0 saturated heterocycles. The van der Waals surface area contributed by atoms with E-state index in [1.807, 2.05) is 0 Å². The fourth-order valence-electron chi connectivity index (χ4n) is 2.21. The first-order valence-electron chi connectivity index (χ1n) is 4.88. The molecule has 0 aromatic rings. The monoisotopic (exact) mass is 152 g/mol. The van der Waals surface area contributed by atoms with E-state index in [0.717, 1.165) is 11.8 Å². The number of allylic oxidation sites excluding steroid dienone is 2. The van der Waals surface area contributed by atoms with Crippen molar-refractivity contribution in [1.29, 1.82) is 0 Å². The summed E-state index contributed by atoms with van der Waals surface area (Å²) in [6.45, 7) is 6.85. The van der Waals surface area contributed by atoms with Crippen molar-refractivity contribution in [1.82, 2.24) is 0 Å². The van der Waals surface area contributed by atoms with Crippen LogP contribution in [0.5, 0.6) is 0 Å². The van der Waals surface area contributed by atoms with E-state index in [1.165, 1.54) is 25.7 Å². The first-order chi connectivity index (χ1) is 5.25. The molecular formula is C11H20. The average Bonchev–Trinajstić information content (AvgIpc) is 2.04. The molecule has 0 aromatic carbocycles. The van der Waals surface area contributed by atoms with Crippen molar-refractivity contribution in [3.05, 3.63) is 11.6 Å². The van der Waals surface area contributed by atoms with Crippen LogP contribution in [0.2, 0.25) is 0 Å². The Morgan fingerprint density at radius 3 is 2.45 bits per heavy atom. The van der Waals surface area contributed by atoms with Gasteiger partial charge in [-0.25, -0.2) is 0 Å². The Balaban J connectivity index is 2.54. The smallest absolute Gasteiger partial charge is 0.0180 e. The maximum Gasteiger partial charge on any atom is -0.0180 e. The maximum atomic E-state index is 2.40. The van der Waals surface area contributed by atoms with Gasteiger partial charge in [0.2, 0.25) is 0 Å². The fourth-order valence-corrected chi connectivity index (χ4v) is 2.21. The highest BCUT2D eigenvalue weighted by molar-refractivity contribution is 5.04. The molecule has 1 aliphatic rings. The quantitative estimate of drug-likeness (QED) is 0.502. The summed E-state index contributed by atoms with van der Waals surface area (Å²) in [6.07, 6.45) is 8.05. The van der Waals surface area contributed by atoms with Crippen molar-refractivity contribution in [3.63, 3.8) is 0 Å². The van der Waals surface area contributed by atoms with Gasteiger partial charge < -0.3 is 0 Å². The molecule has 0 aromatic heterocycles. The van der Waals surface area contributed by atoms with E-state index < -0.39 is 0 Å². The van der Waals surface area contributed by atoms with Crippen LogP contribution >= 0.6 is 0 Å². The van der Waals surface area contributed by atoms with Crippen LogP contribution in [0.1, 0.15) is 46.5 Å². The summed E-state index contributed by atoms with van der Waals surface area (Å²) in [5.74, 6) is 1.83. The Labute approximate surface area is 70.7 Å². The number of hydrogen-bond donors (Lipinski definition) is 0. The zero-order chi connectivity index (χ0) is 8.27. The van der Waals surface area contributed by atoms with E-state index in [1.54, 1.807) is 5.57 Å². The van der Waals surface area contributed by atoms with Gasteiger partial charge in [0.05, 0.1) is 0 Å². The molecular weight excluding hydrogens is 132 g/mol. The molecule has 0 amide bonds. The molecule has 2 atom stereocenters. The van der Waals surface area contributed by atoms with Crippen molar-refractivity contribution >= 4 is 0 Å². The van der Waals surface area contributed by atoms with Gasteiger partial charge in [0.25, 0.3) is 0 Å². The fraction of sp³-hybridized carbons (Fsp3) is 0.818. The van der Waals surface area contributed by atoms with Gasteiger partial charge in [0, 0.05) is 0 Å². The van der Waals surface area contributed by atoms with Gasteiger partial charge in [-0.15, -0.1) is 0 Å².